The maximum Gasteiger partial charge on any atom is 0.157 e. The minimum absolute atomic E-state index is 0.0692. The maximum absolute atomic E-state index is 10.6. The Morgan fingerprint density at radius 2 is 1.33 bits per heavy atom. The molecule has 0 heterocycles. The zero-order valence-corrected chi connectivity index (χ0v) is 38.5. The highest BCUT2D eigenvalue weighted by atomic mass is 32.2. The Labute approximate surface area is 361 Å². The molecule has 0 saturated heterocycles. The molecule has 0 saturated carbocycles. The summed E-state index contributed by atoms with van der Waals surface area (Å²) < 4.78 is 8.45. The molecule has 58 heavy (non-hydrogen) atoms. The smallest absolute Gasteiger partial charge is 0.157 e. The largest absolute Gasteiger partial charge is 0.486 e. The van der Waals surface area contributed by atoms with E-state index in [1.165, 1.54) is 52.6 Å². The van der Waals surface area contributed by atoms with E-state index < -0.39 is 0 Å². The molecule has 0 fully saturated rings. The molecule has 0 unspecified atom stereocenters. The third-order valence-electron chi connectivity index (χ3n) is 10.1. The summed E-state index contributed by atoms with van der Waals surface area (Å²) in [4.78, 5) is 21.0. The van der Waals surface area contributed by atoms with E-state index >= 15 is 0 Å². The van der Waals surface area contributed by atoms with Crippen molar-refractivity contribution in [2.75, 3.05) is 31.7 Å². The Bertz CT molecular complexity index is 1780. The van der Waals surface area contributed by atoms with Gasteiger partial charge in [0.1, 0.15) is 18.6 Å². The number of benzene rings is 4. The summed E-state index contributed by atoms with van der Waals surface area (Å²) in [5.41, 5.74) is 14.9. The van der Waals surface area contributed by atoms with Crippen LogP contribution < -0.4 is 15.2 Å². The average Bonchev–Trinajstić information content (AvgIpc) is 3.23. The van der Waals surface area contributed by atoms with Gasteiger partial charge in [-0.3, -0.25) is 9.52 Å². The highest BCUT2D eigenvalue weighted by molar-refractivity contribution is 7.96. The van der Waals surface area contributed by atoms with Gasteiger partial charge in [-0.1, -0.05) is 146 Å². The third kappa shape index (κ3) is 18.0. The van der Waals surface area contributed by atoms with Crippen LogP contribution in [0, 0.1) is 18.3 Å². The molecule has 4 rings (SSSR count). The molecule has 8 heteroatoms. The second-order valence-electron chi connectivity index (χ2n) is 15.2. The quantitative estimate of drug-likeness (QED) is 0.0374. The van der Waals surface area contributed by atoms with Gasteiger partial charge in [0.05, 0.1) is 11.6 Å². The fourth-order valence-corrected chi connectivity index (χ4v) is 6.95. The molecule has 0 radical (unpaired) electrons. The number of nitriles is 1. The van der Waals surface area contributed by atoms with Crippen LogP contribution in [-0.4, -0.2) is 44.3 Å². The lowest BCUT2D eigenvalue weighted by Crippen LogP contribution is -2.20. The Morgan fingerprint density at radius 1 is 0.759 bits per heavy atom. The van der Waals surface area contributed by atoms with E-state index in [1.807, 2.05) is 26.2 Å². The minimum Gasteiger partial charge on any atom is -0.486 e. The van der Waals surface area contributed by atoms with Crippen LogP contribution in [0.1, 0.15) is 131 Å². The summed E-state index contributed by atoms with van der Waals surface area (Å²) in [6.45, 7) is 18.9. The van der Waals surface area contributed by atoms with Gasteiger partial charge in [0, 0.05) is 23.8 Å². The van der Waals surface area contributed by atoms with E-state index in [0.717, 1.165) is 79.5 Å². The number of carbonyl (C=O) groups excluding carboxylic acids is 2. The predicted molar refractivity (Wildman–Crippen MR) is 253 cm³/mol. The summed E-state index contributed by atoms with van der Waals surface area (Å²) in [6, 6.07) is 32.2. The average molecular weight is 826 g/mol. The van der Waals surface area contributed by atoms with E-state index in [2.05, 4.69) is 144 Å². The van der Waals surface area contributed by atoms with Gasteiger partial charge in [0.2, 0.25) is 0 Å². The van der Waals surface area contributed by atoms with Crippen molar-refractivity contribution in [3.63, 3.8) is 0 Å². The van der Waals surface area contributed by atoms with E-state index in [-0.39, 0.29) is 17.4 Å². The van der Waals surface area contributed by atoms with Crippen molar-refractivity contribution in [3.05, 3.63) is 135 Å². The first-order valence-corrected chi connectivity index (χ1v) is 22.6. The predicted octanol–water partition coefficient (Wildman–Crippen LogP) is 11.3. The van der Waals surface area contributed by atoms with E-state index in [1.54, 1.807) is 11.9 Å². The van der Waals surface area contributed by atoms with Gasteiger partial charge in [-0.05, 0) is 114 Å². The van der Waals surface area contributed by atoms with Crippen LogP contribution >= 0.6 is 24.6 Å². The molecule has 3 N–H and O–H groups in total. The number of aryl methyl sites for hydroxylation is 4. The summed E-state index contributed by atoms with van der Waals surface area (Å²) >= 11 is 5.91. The van der Waals surface area contributed by atoms with Gasteiger partial charge in [0.15, 0.2) is 6.29 Å². The molecule has 0 atom stereocenters. The first-order valence-electron chi connectivity index (χ1n) is 20.7. The number of nitrogens with two attached hydrogens (primary N) is 1. The molecule has 0 aliphatic heterocycles. The van der Waals surface area contributed by atoms with Crippen molar-refractivity contribution in [1.29, 1.82) is 5.26 Å². The monoisotopic (exact) mass is 825 g/mol. The minimum atomic E-state index is -0.251. The fourth-order valence-electron chi connectivity index (χ4n) is 6.44. The van der Waals surface area contributed by atoms with Crippen LogP contribution in [0.3, 0.4) is 0 Å². The van der Waals surface area contributed by atoms with E-state index in [9.17, 15) is 14.9 Å². The summed E-state index contributed by atoms with van der Waals surface area (Å²) in [6.07, 6.45) is 11.9. The van der Waals surface area contributed by atoms with Gasteiger partial charge in [-0.15, -0.1) is 0 Å². The first-order chi connectivity index (χ1) is 27.8. The number of hydrogen-bond acceptors (Lipinski definition) is 8. The van der Waals surface area contributed by atoms with E-state index in [4.69, 9.17) is 10.5 Å². The Morgan fingerprint density at radius 3 is 1.83 bits per heavy atom. The molecule has 0 aliphatic rings. The van der Waals surface area contributed by atoms with Crippen LogP contribution in [-0.2, 0) is 39.7 Å². The zero-order valence-electron chi connectivity index (χ0n) is 36.8. The molecular weight excluding hydrogens is 755 g/mol. The number of rotatable bonds is 19. The lowest BCUT2D eigenvalue weighted by Gasteiger charge is -2.27. The number of ether oxygens (including phenoxy) is 1. The highest BCUT2D eigenvalue weighted by Crippen LogP contribution is 2.35. The second kappa shape index (κ2) is 29.4. The SMILES string of the molecule is CC(C)(c1ccc(CCC=O)cc1)c1ccc(CCCCCCS)cc1C#N.CCN.CCNSC.CCc1ccc(C(C)(C)c2ccc(OCC=O)c(C)c2)cc1. The van der Waals surface area contributed by atoms with Gasteiger partial charge in [-0.25, -0.2) is 0 Å². The van der Waals surface area contributed by atoms with Crippen molar-refractivity contribution in [2.45, 2.75) is 118 Å². The topological polar surface area (TPSA) is 105 Å². The second-order valence-corrected chi connectivity index (χ2v) is 16.3. The van der Waals surface area contributed by atoms with Crippen molar-refractivity contribution in [2.24, 2.45) is 5.73 Å². The maximum atomic E-state index is 10.6. The van der Waals surface area contributed by atoms with Crippen LogP contribution in [0.2, 0.25) is 0 Å². The first kappa shape index (κ1) is 52.1. The molecule has 4 aromatic rings. The number of nitrogens with one attached hydrogen (secondary N) is 1. The van der Waals surface area contributed by atoms with Gasteiger partial charge >= 0.3 is 0 Å². The molecule has 316 valence electrons. The van der Waals surface area contributed by atoms with Crippen LogP contribution in [0.25, 0.3) is 0 Å². The van der Waals surface area contributed by atoms with Gasteiger partial charge in [0.25, 0.3) is 0 Å². The highest BCUT2D eigenvalue weighted by Gasteiger charge is 2.26. The molecule has 0 spiro atoms. The normalized spacial score (nSPS) is 10.7. The molecule has 0 aromatic heterocycles. The molecule has 0 aliphatic carbocycles. The molecule has 4 aromatic carbocycles. The number of unbranched alkanes of at least 4 members (excludes halogenated alkanes) is 3. The number of carbonyl (C=O) groups is 2. The van der Waals surface area contributed by atoms with Crippen molar-refractivity contribution in [1.82, 2.24) is 4.72 Å². The number of nitrogens with zero attached hydrogens (tertiary/aromatic N) is 1. The lowest BCUT2D eigenvalue weighted by atomic mass is 9.75. The van der Waals surface area contributed by atoms with Crippen LogP contribution in [0.4, 0.5) is 0 Å². The van der Waals surface area contributed by atoms with Gasteiger partial charge in [-0.2, -0.15) is 17.9 Å². The molecule has 0 amide bonds. The Hall–Kier alpha value is -3.87. The summed E-state index contributed by atoms with van der Waals surface area (Å²) in [5.74, 6) is 1.73. The zero-order chi connectivity index (χ0) is 43.4. The Balaban J connectivity index is 0.000000498. The molecule has 0 bridgehead atoms. The van der Waals surface area contributed by atoms with Crippen molar-refractivity contribution in [3.8, 4) is 11.8 Å². The van der Waals surface area contributed by atoms with Crippen molar-refractivity contribution >= 4 is 37.1 Å². The van der Waals surface area contributed by atoms with Crippen LogP contribution in [0.15, 0.2) is 84.9 Å². The summed E-state index contributed by atoms with van der Waals surface area (Å²) in [7, 11) is 0. The molecule has 6 nitrogen and oxygen atoms in total. The van der Waals surface area contributed by atoms with E-state index in [0.29, 0.717) is 6.42 Å². The number of hydrogen-bond donors (Lipinski definition) is 3. The Kier molecular flexibility index (Phi) is 26.4. The lowest BCUT2D eigenvalue weighted by molar-refractivity contribution is -0.109. The van der Waals surface area contributed by atoms with Crippen LogP contribution in [0.5, 0.6) is 5.75 Å². The standard InChI is InChI=1S/C25H31NOS.C20H24O2.C3H9NS.C2H7N/c1-25(2,23-13-10-20(11-14-23)9-7-16-27)24-15-12-21(18-22(24)19-26)8-5-3-4-6-17-28;1-5-16-6-8-17(9-7-16)20(3,4)18-10-11-19(15(2)14-18)22-13-12-21;1-3-4-5-2;1-2-3/h10-16,18,28H,3-9,17H2,1-2H3;6-12,14H,5,13H2,1-4H3;4H,3H2,1-2H3;2-3H2,1H3. The van der Waals surface area contributed by atoms with Crippen molar-refractivity contribution < 1.29 is 14.3 Å². The fraction of sp³-hybridized carbons (Fsp3) is 0.460. The number of aldehydes is 2. The third-order valence-corrected chi connectivity index (χ3v) is 10.9. The van der Waals surface area contributed by atoms with Gasteiger partial charge < -0.3 is 15.3 Å². The number of thiol groups is 1. The summed E-state index contributed by atoms with van der Waals surface area (Å²) in [5, 5.41) is 9.74. The molecular formula is C50H71N3O3S2.